The molecule has 0 unspecified atom stereocenters. The molecular weight excluding hydrogens is 396 g/mol. The summed E-state index contributed by atoms with van der Waals surface area (Å²) in [5.41, 5.74) is 1.66. The van der Waals surface area contributed by atoms with Gasteiger partial charge in [0.05, 0.1) is 38.8 Å². The summed E-state index contributed by atoms with van der Waals surface area (Å²) in [6.45, 7) is 4.93. The van der Waals surface area contributed by atoms with E-state index in [1.54, 1.807) is 33.5 Å². The molecule has 1 saturated heterocycles. The van der Waals surface area contributed by atoms with Gasteiger partial charge in [0.25, 0.3) is 0 Å². The highest BCUT2D eigenvalue weighted by atomic mass is 16.5. The third-order valence-corrected chi connectivity index (χ3v) is 5.73. The van der Waals surface area contributed by atoms with E-state index >= 15 is 0 Å². The van der Waals surface area contributed by atoms with E-state index in [0.717, 1.165) is 49.8 Å². The standard InChI is InChI=1S/C24H28N2O5/c1-28-17-13-23(29-2)20(24(14-17)30-3)16-26-10-8-25(9-11-26)15-18-12-21(27)19-6-4-5-7-22(19)31-18/h4-7,12-14H,8-11,15-16H2,1-3H3. The summed E-state index contributed by atoms with van der Waals surface area (Å²) in [6, 6.07) is 12.8. The number of ether oxygens (including phenoxy) is 3. The number of nitrogens with zero attached hydrogens (tertiary/aromatic N) is 2. The number of hydrogen-bond acceptors (Lipinski definition) is 7. The minimum absolute atomic E-state index is 0.00850. The van der Waals surface area contributed by atoms with E-state index in [-0.39, 0.29) is 5.43 Å². The van der Waals surface area contributed by atoms with E-state index in [2.05, 4.69) is 9.80 Å². The van der Waals surface area contributed by atoms with Crippen LogP contribution in [0, 0.1) is 0 Å². The van der Waals surface area contributed by atoms with E-state index in [1.165, 1.54) is 0 Å². The van der Waals surface area contributed by atoms with E-state index in [9.17, 15) is 4.79 Å². The first-order chi connectivity index (χ1) is 15.1. The Kier molecular flexibility index (Phi) is 6.44. The lowest BCUT2D eigenvalue weighted by molar-refractivity contribution is 0.114. The Morgan fingerprint density at radius 1 is 0.839 bits per heavy atom. The van der Waals surface area contributed by atoms with Crippen molar-refractivity contribution in [2.24, 2.45) is 0 Å². The summed E-state index contributed by atoms with van der Waals surface area (Å²) < 4.78 is 22.4. The molecule has 164 valence electrons. The van der Waals surface area contributed by atoms with Crippen molar-refractivity contribution in [2.75, 3.05) is 47.5 Å². The summed E-state index contributed by atoms with van der Waals surface area (Å²) in [5.74, 6) is 2.93. The van der Waals surface area contributed by atoms with Crippen molar-refractivity contribution in [3.05, 3.63) is 64.0 Å². The fraction of sp³-hybridized carbons (Fsp3) is 0.375. The summed E-state index contributed by atoms with van der Waals surface area (Å²) in [7, 11) is 4.95. The van der Waals surface area contributed by atoms with Crippen molar-refractivity contribution in [3.8, 4) is 17.2 Å². The summed E-state index contributed by atoms with van der Waals surface area (Å²) >= 11 is 0. The highest BCUT2D eigenvalue weighted by Gasteiger charge is 2.22. The zero-order valence-electron chi connectivity index (χ0n) is 18.2. The third kappa shape index (κ3) is 4.68. The van der Waals surface area contributed by atoms with Gasteiger partial charge in [-0.2, -0.15) is 0 Å². The fourth-order valence-corrected chi connectivity index (χ4v) is 4.01. The predicted octanol–water partition coefficient (Wildman–Crippen LogP) is 3.14. The molecular formula is C24H28N2O5. The van der Waals surface area contributed by atoms with Crippen molar-refractivity contribution < 1.29 is 18.6 Å². The molecule has 31 heavy (non-hydrogen) atoms. The predicted molar refractivity (Wildman–Crippen MR) is 119 cm³/mol. The molecule has 1 fully saturated rings. The molecule has 0 atom stereocenters. The van der Waals surface area contributed by atoms with Crippen molar-refractivity contribution in [2.45, 2.75) is 13.1 Å². The topological polar surface area (TPSA) is 64.4 Å². The van der Waals surface area contributed by atoms with Gasteiger partial charge >= 0.3 is 0 Å². The van der Waals surface area contributed by atoms with Gasteiger partial charge in [-0.05, 0) is 12.1 Å². The Labute approximate surface area is 181 Å². The first-order valence-corrected chi connectivity index (χ1v) is 10.4. The number of benzene rings is 2. The highest BCUT2D eigenvalue weighted by Crippen LogP contribution is 2.35. The molecule has 7 heteroatoms. The Hall–Kier alpha value is -3.03. The monoisotopic (exact) mass is 424 g/mol. The number of hydrogen-bond donors (Lipinski definition) is 0. The lowest BCUT2D eigenvalue weighted by Crippen LogP contribution is -2.45. The van der Waals surface area contributed by atoms with Gasteiger partial charge in [-0.25, -0.2) is 0 Å². The number of rotatable bonds is 7. The molecule has 0 bridgehead atoms. The van der Waals surface area contributed by atoms with Crippen molar-refractivity contribution in [1.29, 1.82) is 0 Å². The van der Waals surface area contributed by atoms with Gasteiger partial charge in [0.15, 0.2) is 5.43 Å². The molecule has 0 aliphatic carbocycles. The van der Waals surface area contributed by atoms with E-state index < -0.39 is 0 Å². The Morgan fingerprint density at radius 3 is 2.06 bits per heavy atom. The van der Waals surface area contributed by atoms with Crippen LogP contribution in [-0.4, -0.2) is 57.3 Å². The van der Waals surface area contributed by atoms with Crippen LogP contribution in [-0.2, 0) is 13.1 Å². The second-order valence-corrected chi connectivity index (χ2v) is 7.64. The normalized spacial score (nSPS) is 15.2. The average Bonchev–Trinajstić information content (AvgIpc) is 2.80. The minimum Gasteiger partial charge on any atom is -0.496 e. The van der Waals surface area contributed by atoms with Crippen LogP contribution in [0.25, 0.3) is 11.0 Å². The van der Waals surface area contributed by atoms with E-state index in [4.69, 9.17) is 18.6 Å². The SMILES string of the molecule is COc1cc(OC)c(CN2CCN(Cc3cc(=O)c4ccccc4o3)CC2)c(OC)c1. The van der Waals surface area contributed by atoms with Crippen LogP contribution >= 0.6 is 0 Å². The Balaban J connectivity index is 1.41. The van der Waals surface area contributed by atoms with Gasteiger partial charge < -0.3 is 18.6 Å². The lowest BCUT2D eigenvalue weighted by Gasteiger charge is -2.34. The quantitative estimate of drug-likeness (QED) is 0.577. The molecule has 0 N–H and O–H groups in total. The summed E-state index contributed by atoms with van der Waals surface area (Å²) in [5, 5.41) is 0.624. The summed E-state index contributed by atoms with van der Waals surface area (Å²) in [4.78, 5) is 17.0. The van der Waals surface area contributed by atoms with Gasteiger partial charge in [0.1, 0.15) is 28.6 Å². The third-order valence-electron chi connectivity index (χ3n) is 5.73. The molecule has 1 aromatic heterocycles. The van der Waals surface area contributed by atoms with Gasteiger partial charge in [-0.15, -0.1) is 0 Å². The largest absolute Gasteiger partial charge is 0.496 e. The van der Waals surface area contributed by atoms with E-state index in [1.807, 2.05) is 30.3 Å². The molecule has 2 aromatic carbocycles. The molecule has 0 spiro atoms. The van der Waals surface area contributed by atoms with Crippen molar-refractivity contribution in [1.82, 2.24) is 9.80 Å². The maximum absolute atomic E-state index is 12.3. The van der Waals surface area contributed by atoms with Crippen LogP contribution in [0.2, 0.25) is 0 Å². The van der Waals surface area contributed by atoms with E-state index in [0.29, 0.717) is 29.0 Å². The molecule has 0 amide bonds. The van der Waals surface area contributed by atoms with Gasteiger partial charge in [0, 0.05) is 50.9 Å². The molecule has 1 aliphatic rings. The number of fused-ring (bicyclic) bond motifs is 1. The average molecular weight is 424 g/mol. The molecule has 1 aliphatic heterocycles. The van der Waals surface area contributed by atoms with Crippen LogP contribution < -0.4 is 19.6 Å². The number of para-hydroxylation sites is 1. The lowest BCUT2D eigenvalue weighted by atomic mass is 10.1. The maximum Gasteiger partial charge on any atom is 0.192 e. The first-order valence-electron chi connectivity index (χ1n) is 10.4. The highest BCUT2D eigenvalue weighted by molar-refractivity contribution is 5.76. The van der Waals surface area contributed by atoms with Crippen LogP contribution in [0.3, 0.4) is 0 Å². The number of methoxy groups -OCH3 is 3. The van der Waals surface area contributed by atoms with Crippen molar-refractivity contribution in [3.63, 3.8) is 0 Å². The first kappa shape index (κ1) is 21.2. The minimum atomic E-state index is 0.00850. The van der Waals surface area contributed by atoms with Gasteiger partial charge in [-0.1, -0.05) is 12.1 Å². The van der Waals surface area contributed by atoms with Crippen molar-refractivity contribution >= 4 is 11.0 Å². The molecule has 0 saturated carbocycles. The Bertz CT molecular complexity index is 1080. The number of piperazine rings is 1. The summed E-state index contributed by atoms with van der Waals surface area (Å²) in [6.07, 6.45) is 0. The maximum atomic E-state index is 12.3. The zero-order valence-corrected chi connectivity index (χ0v) is 18.2. The van der Waals surface area contributed by atoms with Crippen LogP contribution in [0.1, 0.15) is 11.3 Å². The van der Waals surface area contributed by atoms with Crippen LogP contribution in [0.5, 0.6) is 17.2 Å². The molecule has 4 rings (SSSR count). The molecule has 0 radical (unpaired) electrons. The second kappa shape index (κ2) is 9.41. The molecule has 2 heterocycles. The van der Waals surface area contributed by atoms with Gasteiger partial charge in [0.2, 0.25) is 0 Å². The Morgan fingerprint density at radius 2 is 1.45 bits per heavy atom. The molecule has 3 aromatic rings. The zero-order chi connectivity index (χ0) is 21.8. The van der Waals surface area contributed by atoms with Crippen LogP contribution in [0.15, 0.2) is 51.7 Å². The van der Waals surface area contributed by atoms with Crippen LogP contribution in [0.4, 0.5) is 0 Å². The van der Waals surface area contributed by atoms with Gasteiger partial charge in [-0.3, -0.25) is 14.6 Å². The second-order valence-electron chi connectivity index (χ2n) is 7.64. The molecule has 7 nitrogen and oxygen atoms in total. The fourth-order valence-electron chi connectivity index (χ4n) is 4.01. The smallest absolute Gasteiger partial charge is 0.192 e.